The smallest absolute Gasteiger partial charge is 0.411 e. The molecule has 168 valence electrons. The highest BCUT2D eigenvalue weighted by molar-refractivity contribution is 5.97. The normalized spacial score (nSPS) is 15.1. The van der Waals surface area contributed by atoms with Crippen molar-refractivity contribution in [3.05, 3.63) is 72.6 Å². The van der Waals surface area contributed by atoms with Gasteiger partial charge in [0.2, 0.25) is 11.8 Å². The van der Waals surface area contributed by atoms with Crippen LogP contribution >= 0.6 is 0 Å². The summed E-state index contributed by atoms with van der Waals surface area (Å²) in [5.41, 5.74) is 7.05. The molecule has 0 aliphatic carbocycles. The van der Waals surface area contributed by atoms with Crippen molar-refractivity contribution in [3.63, 3.8) is 0 Å². The summed E-state index contributed by atoms with van der Waals surface area (Å²) in [6.07, 6.45) is 8.40. The van der Waals surface area contributed by atoms with Crippen LogP contribution in [0.3, 0.4) is 0 Å². The van der Waals surface area contributed by atoms with Gasteiger partial charge in [0.15, 0.2) is 0 Å². The molecule has 9 heteroatoms. The van der Waals surface area contributed by atoms with Crippen LogP contribution in [-0.2, 0) is 19.5 Å². The summed E-state index contributed by atoms with van der Waals surface area (Å²) in [7, 11) is 0. The Labute approximate surface area is 190 Å². The van der Waals surface area contributed by atoms with E-state index >= 15 is 0 Å². The van der Waals surface area contributed by atoms with Gasteiger partial charge in [0.05, 0.1) is 6.61 Å². The van der Waals surface area contributed by atoms with Gasteiger partial charge < -0.3 is 25.1 Å². The average Bonchev–Trinajstić information content (AvgIpc) is 3.30. The number of nitrogens with two attached hydrogens (primary N) is 1. The van der Waals surface area contributed by atoms with Crippen LogP contribution in [-0.4, -0.2) is 32.2 Å². The number of fused-ring (bicyclic) bond motifs is 2. The summed E-state index contributed by atoms with van der Waals surface area (Å²) in [5, 5.41) is 4.99. The lowest BCUT2D eigenvalue weighted by atomic mass is 9.99. The van der Waals surface area contributed by atoms with Crippen LogP contribution in [0.4, 0.5) is 10.5 Å². The number of carbonyl (C=O) groups is 1. The summed E-state index contributed by atoms with van der Waals surface area (Å²) in [6.45, 7) is 2.20. The molecule has 0 saturated carbocycles. The van der Waals surface area contributed by atoms with Gasteiger partial charge in [-0.1, -0.05) is 12.1 Å². The summed E-state index contributed by atoms with van der Waals surface area (Å²) in [6, 6.07) is 11.4. The average molecular weight is 444 g/mol. The first-order chi connectivity index (χ1) is 16.2. The molecule has 3 aromatic heterocycles. The molecule has 0 radical (unpaired) electrons. The van der Waals surface area contributed by atoms with E-state index in [1.165, 1.54) is 0 Å². The van der Waals surface area contributed by atoms with Gasteiger partial charge in [-0.15, -0.1) is 0 Å². The van der Waals surface area contributed by atoms with Gasteiger partial charge in [-0.3, -0.25) is 0 Å². The highest BCUT2D eigenvalue weighted by Gasteiger charge is 2.19. The number of hydrogen-bond acceptors (Lipinski definition) is 7. The topological polar surface area (TPSA) is 117 Å². The van der Waals surface area contributed by atoms with Gasteiger partial charge in [0.1, 0.15) is 5.82 Å². The lowest BCUT2D eigenvalue weighted by Gasteiger charge is -2.23. The number of nitrogens with one attached hydrogen (secondary N) is 1. The molecule has 0 fully saturated rings. The molecule has 0 spiro atoms. The fraction of sp³-hybridized carbons (Fsp3) is 0.250. The number of nitrogens with zero attached hydrogens (tertiary/aromatic N) is 4. The monoisotopic (exact) mass is 444 g/mol. The predicted molar refractivity (Wildman–Crippen MR) is 123 cm³/mol. The van der Waals surface area contributed by atoms with E-state index in [0.29, 0.717) is 30.3 Å². The molecule has 5 rings (SSSR count). The Morgan fingerprint density at radius 2 is 2.06 bits per heavy atom. The number of hydrogen-bond donors (Lipinski definition) is 2. The van der Waals surface area contributed by atoms with Gasteiger partial charge in [-0.05, 0) is 30.2 Å². The van der Waals surface area contributed by atoms with Crippen molar-refractivity contribution in [3.8, 4) is 11.8 Å². The Balaban J connectivity index is 1.19. The fourth-order valence-electron chi connectivity index (χ4n) is 4.07. The van der Waals surface area contributed by atoms with E-state index in [0.717, 1.165) is 41.8 Å². The highest BCUT2D eigenvalue weighted by Crippen LogP contribution is 2.29. The van der Waals surface area contributed by atoms with E-state index in [1.807, 2.05) is 55.0 Å². The number of aryl methyl sites for hydroxylation is 1. The molecule has 4 heterocycles. The van der Waals surface area contributed by atoms with E-state index in [2.05, 4.69) is 24.8 Å². The van der Waals surface area contributed by atoms with Gasteiger partial charge in [0, 0.05) is 72.7 Å². The minimum absolute atomic E-state index is 0.189. The number of pyridine rings is 2. The zero-order valence-corrected chi connectivity index (χ0v) is 18.0. The number of primary amides is 1. The number of ether oxygens (including phenoxy) is 2. The van der Waals surface area contributed by atoms with E-state index in [4.69, 9.17) is 15.2 Å². The molecule has 0 bridgehead atoms. The highest BCUT2D eigenvalue weighted by atomic mass is 16.6. The van der Waals surface area contributed by atoms with Crippen molar-refractivity contribution in [1.29, 1.82) is 0 Å². The molecule has 9 nitrogen and oxygen atoms in total. The van der Waals surface area contributed by atoms with Crippen molar-refractivity contribution in [1.82, 2.24) is 19.5 Å². The standard InChI is InChI=1S/C24H24N6O3/c25-24(31)33-23-19-2-1-3-20(18(19)6-8-27-23)28-13-17-4-5-22(29-14-17)32-15-16-7-10-30-11-9-26-21(30)12-16/h1-6,8-9,11,14,16,28H,7,10,12-13,15H2,(H2,25,31). The van der Waals surface area contributed by atoms with E-state index in [1.54, 1.807) is 6.20 Å². The fourth-order valence-corrected chi connectivity index (χ4v) is 4.07. The van der Waals surface area contributed by atoms with Crippen LogP contribution in [0.1, 0.15) is 17.8 Å². The van der Waals surface area contributed by atoms with E-state index < -0.39 is 6.09 Å². The van der Waals surface area contributed by atoms with Crippen LogP contribution in [0, 0.1) is 5.92 Å². The molecular formula is C24H24N6O3. The van der Waals surface area contributed by atoms with Gasteiger partial charge in [-0.25, -0.2) is 19.7 Å². The third-order valence-corrected chi connectivity index (χ3v) is 5.77. The Bertz CT molecular complexity index is 1270. The molecule has 1 amide bonds. The second kappa shape index (κ2) is 9.15. The quantitative estimate of drug-likeness (QED) is 0.448. The zero-order valence-electron chi connectivity index (χ0n) is 18.0. The van der Waals surface area contributed by atoms with Crippen LogP contribution in [0.25, 0.3) is 10.8 Å². The number of benzene rings is 1. The molecule has 1 aliphatic rings. The number of rotatable bonds is 7. The second-order valence-electron chi connectivity index (χ2n) is 8.00. The molecule has 0 saturated heterocycles. The van der Waals surface area contributed by atoms with E-state index in [-0.39, 0.29) is 5.88 Å². The Hall–Kier alpha value is -4.14. The molecule has 3 N–H and O–H groups in total. The third-order valence-electron chi connectivity index (χ3n) is 5.77. The van der Waals surface area contributed by atoms with Crippen molar-refractivity contribution < 1.29 is 14.3 Å². The number of aromatic nitrogens is 4. The molecule has 1 aliphatic heterocycles. The number of carbonyl (C=O) groups excluding carboxylic acids is 1. The first-order valence-electron chi connectivity index (χ1n) is 10.8. The second-order valence-corrected chi connectivity index (χ2v) is 8.00. The molecule has 33 heavy (non-hydrogen) atoms. The maximum absolute atomic E-state index is 11.1. The van der Waals surface area contributed by atoms with Crippen molar-refractivity contribution in [2.24, 2.45) is 11.7 Å². The first kappa shape index (κ1) is 20.7. The van der Waals surface area contributed by atoms with E-state index in [9.17, 15) is 4.79 Å². The maximum atomic E-state index is 11.1. The molecular weight excluding hydrogens is 420 g/mol. The van der Waals surface area contributed by atoms with Crippen molar-refractivity contribution >= 4 is 22.6 Å². The molecule has 1 aromatic carbocycles. The molecule has 1 atom stereocenters. The summed E-state index contributed by atoms with van der Waals surface area (Å²) < 4.78 is 13.1. The summed E-state index contributed by atoms with van der Waals surface area (Å²) >= 11 is 0. The Kier molecular flexibility index (Phi) is 5.75. The number of imidazole rings is 1. The SMILES string of the molecule is NC(=O)Oc1nccc2c(NCc3ccc(OCC4CCn5ccnc5C4)nc3)cccc12. The van der Waals surface area contributed by atoms with Crippen molar-refractivity contribution in [2.45, 2.75) is 25.9 Å². The summed E-state index contributed by atoms with van der Waals surface area (Å²) in [5.74, 6) is 2.39. The summed E-state index contributed by atoms with van der Waals surface area (Å²) in [4.78, 5) is 24.1. The molecule has 4 aromatic rings. The largest absolute Gasteiger partial charge is 0.477 e. The Morgan fingerprint density at radius 3 is 2.91 bits per heavy atom. The molecule has 1 unspecified atom stereocenters. The number of anilines is 1. The predicted octanol–water partition coefficient (Wildman–Crippen LogP) is 3.54. The van der Waals surface area contributed by atoms with Crippen molar-refractivity contribution in [2.75, 3.05) is 11.9 Å². The maximum Gasteiger partial charge on any atom is 0.411 e. The van der Waals surface area contributed by atoms with Crippen LogP contribution in [0.15, 0.2) is 61.2 Å². The van der Waals surface area contributed by atoms with Crippen LogP contribution < -0.4 is 20.5 Å². The first-order valence-corrected chi connectivity index (χ1v) is 10.8. The zero-order chi connectivity index (χ0) is 22.6. The lowest BCUT2D eigenvalue weighted by molar-refractivity contribution is 0.209. The number of amides is 1. The minimum Gasteiger partial charge on any atom is -0.477 e. The minimum atomic E-state index is -0.892. The van der Waals surface area contributed by atoms with Gasteiger partial charge in [-0.2, -0.15) is 0 Å². The van der Waals surface area contributed by atoms with Gasteiger partial charge >= 0.3 is 6.09 Å². The van der Waals surface area contributed by atoms with Crippen LogP contribution in [0.2, 0.25) is 0 Å². The Morgan fingerprint density at radius 1 is 1.12 bits per heavy atom. The lowest BCUT2D eigenvalue weighted by Crippen LogP contribution is -2.24. The van der Waals surface area contributed by atoms with Crippen LogP contribution in [0.5, 0.6) is 11.8 Å². The van der Waals surface area contributed by atoms with Gasteiger partial charge in [0.25, 0.3) is 0 Å². The third kappa shape index (κ3) is 4.72.